The molecule has 0 radical (unpaired) electrons. The minimum Gasteiger partial charge on any atom is -0.493 e. The maximum Gasteiger partial charge on any atom is 0.259 e. The first-order chi connectivity index (χ1) is 11.7. The van der Waals surface area contributed by atoms with E-state index in [-0.39, 0.29) is 5.91 Å². The lowest BCUT2D eigenvalue weighted by molar-refractivity contribution is 0.102. The number of nitrogens with one attached hydrogen (secondary N) is 1. The number of hydrogen-bond donors (Lipinski definition) is 1. The molecule has 0 aromatic heterocycles. The maximum absolute atomic E-state index is 12.7. The molecule has 0 bridgehead atoms. The van der Waals surface area contributed by atoms with Crippen LogP contribution in [0.4, 0.5) is 5.69 Å². The zero-order chi connectivity index (χ0) is 16.9. The predicted octanol–water partition coefficient (Wildman–Crippen LogP) is 5.53. The predicted molar refractivity (Wildman–Crippen MR) is 99.1 cm³/mol. The summed E-state index contributed by atoms with van der Waals surface area (Å²) in [6.45, 7) is 2.57. The Balaban J connectivity index is 1.93. The molecule has 3 aromatic rings. The molecule has 0 aliphatic heterocycles. The lowest BCUT2D eigenvalue weighted by Crippen LogP contribution is -2.14. The average Bonchev–Trinajstić information content (AvgIpc) is 2.61. The van der Waals surface area contributed by atoms with Gasteiger partial charge < -0.3 is 10.1 Å². The summed E-state index contributed by atoms with van der Waals surface area (Å²) in [4.78, 5) is 12.7. The molecule has 0 heterocycles. The number of anilines is 1. The lowest BCUT2D eigenvalue weighted by atomic mass is 10.1. The van der Waals surface area contributed by atoms with Gasteiger partial charge in [0.2, 0.25) is 0 Å². The third-order valence-electron chi connectivity index (χ3n) is 3.69. The molecule has 3 nitrogen and oxygen atoms in total. The van der Waals surface area contributed by atoms with Crippen molar-refractivity contribution in [3.8, 4) is 5.75 Å². The van der Waals surface area contributed by atoms with Crippen molar-refractivity contribution in [1.29, 1.82) is 0 Å². The second-order valence-corrected chi connectivity index (χ2v) is 5.91. The maximum atomic E-state index is 12.7. The molecular formula is C20H18ClNO2. The first-order valence-electron chi connectivity index (χ1n) is 7.90. The molecule has 1 N–H and O–H groups in total. The smallest absolute Gasteiger partial charge is 0.259 e. The molecule has 0 fully saturated rings. The van der Waals surface area contributed by atoms with E-state index in [1.54, 1.807) is 18.2 Å². The third kappa shape index (κ3) is 3.52. The first-order valence-corrected chi connectivity index (χ1v) is 8.28. The topological polar surface area (TPSA) is 38.3 Å². The van der Waals surface area contributed by atoms with Crippen LogP contribution in [0.3, 0.4) is 0 Å². The van der Waals surface area contributed by atoms with Gasteiger partial charge in [0.25, 0.3) is 5.91 Å². The number of amides is 1. The fourth-order valence-corrected chi connectivity index (χ4v) is 2.71. The van der Waals surface area contributed by atoms with E-state index in [2.05, 4.69) is 5.32 Å². The summed E-state index contributed by atoms with van der Waals surface area (Å²) in [6.07, 6.45) is 0.868. The Morgan fingerprint density at radius 2 is 1.88 bits per heavy atom. The molecule has 0 aliphatic carbocycles. The van der Waals surface area contributed by atoms with Crippen molar-refractivity contribution in [2.45, 2.75) is 13.3 Å². The Bertz CT molecular complexity index is 871. The van der Waals surface area contributed by atoms with Crippen LogP contribution < -0.4 is 10.1 Å². The van der Waals surface area contributed by atoms with Crippen LogP contribution in [0.25, 0.3) is 10.8 Å². The molecule has 0 saturated carbocycles. The van der Waals surface area contributed by atoms with E-state index in [0.29, 0.717) is 22.9 Å². The van der Waals surface area contributed by atoms with Crippen molar-refractivity contribution in [1.82, 2.24) is 0 Å². The van der Waals surface area contributed by atoms with Crippen molar-refractivity contribution in [2.24, 2.45) is 0 Å². The van der Waals surface area contributed by atoms with Gasteiger partial charge in [0.15, 0.2) is 0 Å². The molecule has 4 heteroatoms. The van der Waals surface area contributed by atoms with Crippen molar-refractivity contribution in [2.75, 3.05) is 11.9 Å². The van der Waals surface area contributed by atoms with E-state index in [1.165, 1.54) is 0 Å². The fraction of sp³-hybridized carbons (Fsp3) is 0.150. The quantitative estimate of drug-likeness (QED) is 0.663. The summed E-state index contributed by atoms with van der Waals surface area (Å²) >= 11 is 6.06. The van der Waals surface area contributed by atoms with Gasteiger partial charge in [0.1, 0.15) is 5.75 Å². The number of benzene rings is 3. The average molecular weight is 340 g/mol. The van der Waals surface area contributed by atoms with Crippen LogP contribution in [0.2, 0.25) is 5.02 Å². The van der Waals surface area contributed by atoms with Crippen molar-refractivity contribution < 1.29 is 9.53 Å². The normalized spacial score (nSPS) is 10.6. The van der Waals surface area contributed by atoms with Crippen LogP contribution >= 0.6 is 11.6 Å². The van der Waals surface area contributed by atoms with Gasteiger partial charge in [0.05, 0.1) is 12.2 Å². The lowest BCUT2D eigenvalue weighted by Gasteiger charge is -2.13. The number of ether oxygens (including phenoxy) is 1. The van der Waals surface area contributed by atoms with Gasteiger partial charge in [-0.25, -0.2) is 0 Å². The summed E-state index contributed by atoms with van der Waals surface area (Å²) in [6, 6.07) is 18.8. The molecule has 0 saturated heterocycles. The minimum absolute atomic E-state index is 0.236. The fourth-order valence-electron chi connectivity index (χ4n) is 2.54. The van der Waals surface area contributed by atoms with E-state index in [9.17, 15) is 4.79 Å². The Morgan fingerprint density at radius 3 is 2.71 bits per heavy atom. The minimum atomic E-state index is -0.236. The van der Waals surface area contributed by atoms with E-state index in [0.717, 1.165) is 22.9 Å². The van der Waals surface area contributed by atoms with E-state index < -0.39 is 0 Å². The monoisotopic (exact) mass is 339 g/mol. The van der Waals surface area contributed by atoms with Gasteiger partial charge >= 0.3 is 0 Å². The summed E-state index contributed by atoms with van der Waals surface area (Å²) in [5.41, 5.74) is 1.20. The molecule has 1 amide bonds. The molecular weight excluding hydrogens is 322 g/mol. The van der Waals surface area contributed by atoms with Crippen molar-refractivity contribution in [3.05, 3.63) is 71.2 Å². The highest BCUT2D eigenvalue weighted by molar-refractivity contribution is 6.31. The van der Waals surface area contributed by atoms with Gasteiger partial charge in [-0.3, -0.25) is 4.79 Å². The summed E-state index contributed by atoms with van der Waals surface area (Å²) in [7, 11) is 0. The second-order valence-electron chi connectivity index (χ2n) is 5.47. The molecule has 0 aliphatic rings. The zero-order valence-electron chi connectivity index (χ0n) is 13.4. The largest absolute Gasteiger partial charge is 0.493 e. The van der Waals surface area contributed by atoms with Crippen LogP contribution in [0.1, 0.15) is 23.7 Å². The standard InChI is InChI=1S/C20H18ClNO2/c1-2-12-24-19-11-10-15(21)13-17(19)20(23)22-18-9-5-7-14-6-3-4-8-16(14)18/h3-11,13H,2,12H2,1H3,(H,22,23). The van der Waals surface area contributed by atoms with Gasteiger partial charge in [0, 0.05) is 16.1 Å². The second kappa shape index (κ2) is 7.37. The highest BCUT2D eigenvalue weighted by Gasteiger charge is 2.14. The van der Waals surface area contributed by atoms with Crippen molar-refractivity contribution >= 4 is 34.0 Å². The van der Waals surface area contributed by atoms with Crippen LogP contribution in [0.5, 0.6) is 5.75 Å². The zero-order valence-corrected chi connectivity index (χ0v) is 14.1. The Labute approximate surface area is 146 Å². The summed E-state index contributed by atoms with van der Waals surface area (Å²) in [5, 5.41) is 5.53. The molecule has 0 spiro atoms. The number of carbonyl (C=O) groups excluding carboxylic acids is 1. The Morgan fingerprint density at radius 1 is 1.08 bits per heavy atom. The number of fused-ring (bicyclic) bond motifs is 1. The Kier molecular flexibility index (Phi) is 5.02. The van der Waals surface area contributed by atoms with Crippen molar-refractivity contribution in [3.63, 3.8) is 0 Å². The number of rotatable bonds is 5. The van der Waals surface area contributed by atoms with E-state index in [1.807, 2.05) is 49.4 Å². The summed E-state index contributed by atoms with van der Waals surface area (Å²) in [5.74, 6) is 0.305. The van der Waals surface area contributed by atoms with E-state index in [4.69, 9.17) is 16.3 Å². The van der Waals surface area contributed by atoms with Gasteiger partial charge in [-0.15, -0.1) is 0 Å². The van der Waals surface area contributed by atoms with Crippen LogP contribution in [-0.2, 0) is 0 Å². The van der Waals surface area contributed by atoms with Gasteiger partial charge in [-0.2, -0.15) is 0 Å². The Hall–Kier alpha value is -2.52. The van der Waals surface area contributed by atoms with E-state index >= 15 is 0 Å². The van der Waals surface area contributed by atoms with Gasteiger partial charge in [-0.05, 0) is 36.1 Å². The van der Waals surface area contributed by atoms with Crippen LogP contribution in [0.15, 0.2) is 60.7 Å². The highest BCUT2D eigenvalue weighted by atomic mass is 35.5. The highest BCUT2D eigenvalue weighted by Crippen LogP contribution is 2.27. The first kappa shape index (κ1) is 16.3. The number of hydrogen-bond acceptors (Lipinski definition) is 2. The molecule has 0 unspecified atom stereocenters. The van der Waals surface area contributed by atoms with Crippen LogP contribution in [0, 0.1) is 0 Å². The SMILES string of the molecule is CCCOc1ccc(Cl)cc1C(=O)Nc1cccc2ccccc12. The third-order valence-corrected chi connectivity index (χ3v) is 3.92. The number of carbonyl (C=O) groups is 1. The van der Waals surface area contributed by atoms with Crippen LogP contribution in [-0.4, -0.2) is 12.5 Å². The molecule has 3 aromatic carbocycles. The number of halogens is 1. The molecule has 3 rings (SSSR count). The molecule has 24 heavy (non-hydrogen) atoms. The summed E-state index contributed by atoms with van der Waals surface area (Å²) < 4.78 is 5.67. The molecule has 122 valence electrons. The van der Waals surface area contributed by atoms with Gasteiger partial charge in [-0.1, -0.05) is 54.9 Å². The molecule has 0 atom stereocenters.